The number of benzene rings is 1. The number of pyridine rings is 1. The van der Waals surface area contributed by atoms with E-state index < -0.39 is 5.54 Å². The van der Waals surface area contributed by atoms with E-state index in [4.69, 9.17) is 9.15 Å². The Morgan fingerprint density at radius 3 is 2.97 bits per heavy atom. The highest BCUT2D eigenvalue weighted by atomic mass is 19.1. The standard InChI is InChI=1S/C22H22FN3O3/c1-22(21-25-14-17(29-21)13-15-6-3-7-16(23)12-15)9-5-11-26(22)20(27)18-8-4-10-24-19(18)28-2/h3-4,6-8,10,12,14H,5,9,11,13H2,1-2H3/t22-/m0/s1. The van der Waals surface area contributed by atoms with Crippen LogP contribution >= 0.6 is 0 Å². The van der Waals surface area contributed by atoms with Crippen molar-refractivity contribution in [3.63, 3.8) is 0 Å². The van der Waals surface area contributed by atoms with E-state index >= 15 is 0 Å². The van der Waals surface area contributed by atoms with E-state index in [0.29, 0.717) is 36.1 Å². The second kappa shape index (κ2) is 7.66. The first-order valence-electron chi connectivity index (χ1n) is 9.52. The van der Waals surface area contributed by atoms with Crippen LogP contribution in [-0.4, -0.2) is 34.4 Å². The van der Waals surface area contributed by atoms with E-state index in [-0.39, 0.29) is 11.7 Å². The topological polar surface area (TPSA) is 68.5 Å². The summed E-state index contributed by atoms with van der Waals surface area (Å²) < 4.78 is 24.7. The Hall–Kier alpha value is -3.22. The lowest BCUT2D eigenvalue weighted by Crippen LogP contribution is -2.43. The van der Waals surface area contributed by atoms with Crippen LogP contribution in [0.1, 0.15) is 47.3 Å². The minimum Gasteiger partial charge on any atom is -0.480 e. The minimum atomic E-state index is -0.669. The molecule has 0 bridgehead atoms. The van der Waals surface area contributed by atoms with Crippen LogP contribution in [-0.2, 0) is 12.0 Å². The molecule has 0 aliphatic carbocycles. The molecule has 1 aliphatic rings. The lowest BCUT2D eigenvalue weighted by Gasteiger charge is -2.32. The molecule has 0 saturated carbocycles. The predicted molar refractivity (Wildman–Crippen MR) is 104 cm³/mol. The fourth-order valence-corrected chi connectivity index (χ4v) is 3.86. The van der Waals surface area contributed by atoms with Gasteiger partial charge in [-0.2, -0.15) is 0 Å². The van der Waals surface area contributed by atoms with Crippen LogP contribution in [0.15, 0.2) is 53.2 Å². The number of likely N-dealkylation sites (tertiary alicyclic amines) is 1. The average Bonchev–Trinajstić information content (AvgIpc) is 3.35. The molecule has 6 nitrogen and oxygen atoms in total. The second-order valence-corrected chi connectivity index (χ2v) is 7.33. The van der Waals surface area contributed by atoms with E-state index in [0.717, 1.165) is 18.4 Å². The Bertz CT molecular complexity index is 1040. The van der Waals surface area contributed by atoms with Gasteiger partial charge in [0.05, 0.1) is 13.3 Å². The third-order valence-electron chi connectivity index (χ3n) is 5.36. The van der Waals surface area contributed by atoms with E-state index in [2.05, 4.69) is 9.97 Å². The number of hydrogen-bond acceptors (Lipinski definition) is 5. The molecule has 1 atom stereocenters. The molecule has 0 N–H and O–H groups in total. The highest BCUT2D eigenvalue weighted by molar-refractivity contribution is 5.97. The zero-order valence-corrected chi connectivity index (χ0v) is 16.4. The van der Waals surface area contributed by atoms with Crippen molar-refractivity contribution in [1.29, 1.82) is 0 Å². The molecule has 0 unspecified atom stereocenters. The maximum absolute atomic E-state index is 13.4. The zero-order chi connectivity index (χ0) is 20.4. The lowest BCUT2D eigenvalue weighted by atomic mass is 9.98. The molecule has 1 saturated heterocycles. The molecule has 1 amide bonds. The van der Waals surface area contributed by atoms with Gasteiger partial charge in [0.2, 0.25) is 11.8 Å². The van der Waals surface area contributed by atoms with Gasteiger partial charge in [-0.3, -0.25) is 4.79 Å². The minimum absolute atomic E-state index is 0.167. The molecule has 1 aliphatic heterocycles. The molecule has 3 aromatic rings. The highest BCUT2D eigenvalue weighted by Crippen LogP contribution is 2.39. The van der Waals surface area contributed by atoms with Gasteiger partial charge in [-0.1, -0.05) is 12.1 Å². The van der Waals surface area contributed by atoms with Gasteiger partial charge < -0.3 is 14.1 Å². The van der Waals surface area contributed by atoms with Gasteiger partial charge in [0, 0.05) is 19.2 Å². The predicted octanol–water partition coefficient (Wildman–Crippen LogP) is 3.96. The van der Waals surface area contributed by atoms with E-state index in [9.17, 15) is 9.18 Å². The first kappa shape index (κ1) is 19.1. The van der Waals surface area contributed by atoms with Crippen molar-refractivity contribution in [3.05, 3.63) is 77.4 Å². The molecular weight excluding hydrogens is 373 g/mol. The van der Waals surface area contributed by atoms with Crippen LogP contribution in [0, 0.1) is 5.82 Å². The maximum Gasteiger partial charge on any atom is 0.260 e. The molecule has 0 spiro atoms. The van der Waals surface area contributed by atoms with Gasteiger partial charge in [0.15, 0.2) is 0 Å². The number of methoxy groups -OCH3 is 1. The summed E-state index contributed by atoms with van der Waals surface area (Å²) in [7, 11) is 1.50. The van der Waals surface area contributed by atoms with Crippen LogP contribution in [0.2, 0.25) is 0 Å². The summed E-state index contributed by atoms with van der Waals surface area (Å²) in [6, 6.07) is 9.81. The molecule has 3 heterocycles. The van der Waals surface area contributed by atoms with Crippen LogP contribution in [0.4, 0.5) is 4.39 Å². The van der Waals surface area contributed by atoms with Crippen molar-refractivity contribution in [3.8, 4) is 5.88 Å². The molecule has 29 heavy (non-hydrogen) atoms. The number of oxazole rings is 1. The number of carbonyl (C=O) groups excluding carboxylic acids is 1. The van der Waals surface area contributed by atoms with Gasteiger partial charge in [0.1, 0.15) is 22.7 Å². The molecule has 7 heteroatoms. The van der Waals surface area contributed by atoms with Crippen LogP contribution in [0.25, 0.3) is 0 Å². The summed E-state index contributed by atoms with van der Waals surface area (Å²) in [5.41, 5.74) is 0.546. The van der Waals surface area contributed by atoms with Crippen LogP contribution < -0.4 is 4.74 Å². The number of amides is 1. The van der Waals surface area contributed by atoms with Gasteiger partial charge in [-0.15, -0.1) is 0 Å². The number of ether oxygens (including phenoxy) is 1. The fraction of sp³-hybridized carbons (Fsp3) is 0.318. The molecule has 2 aromatic heterocycles. The molecule has 0 radical (unpaired) electrons. The molecular formula is C22H22FN3O3. The monoisotopic (exact) mass is 395 g/mol. The van der Waals surface area contributed by atoms with Crippen molar-refractivity contribution in [2.24, 2.45) is 0 Å². The van der Waals surface area contributed by atoms with Crippen molar-refractivity contribution in [1.82, 2.24) is 14.9 Å². The highest BCUT2D eigenvalue weighted by Gasteiger charge is 2.45. The summed E-state index contributed by atoms with van der Waals surface area (Å²) in [6.45, 7) is 2.55. The van der Waals surface area contributed by atoms with E-state index in [1.807, 2.05) is 13.0 Å². The molecule has 1 fully saturated rings. The fourth-order valence-electron chi connectivity index (χ4n) is 3.86. The number of rotatable bonds is 5. The second-order valence-electron chi connectivity index (χ2n) is 7.33. The summed E-state index contributed by atoms with van der Waals surface area (Å²) in [6.07, 6.45) is 5.25. The van der Waals surface area contributed by atoms with E-state index in [1.165, 1.54) is 19.2 Å². The quantitative estimate of drug-likeness (QED) is 0.654. The van der Waals surface area contributed by atoms with Gasteiger partial charge in [-0.25, -0.2) is 14.4 Å². The number of aromatic nitrogens is 2. The summed E-state index contributed by atoms with van der Waals surface area (Å²) in [4.78, 5) is 23.6. The summed E-state index contributed by atoms with van der Waals surface area (Å²) in [5.74, 6) is 0.959. The SMILES string of the molecule is COc1ncccc1C(=O)N1CCC[C@@]1(C)c1ncc(Cc2cccc(F)c2)o1. The van der Waals surface area contributed by atoms with Gasteiger partial charge in [-0.05, 0) is 49.6 Å². The largest absolute Gasteiger partial charge is 0.480 e. The molecule has 150 valence electrons. The zero-order valence-electron chi connectivity index (χ0n) is 16.4. The Labute approximate surface area is 168 Å². The third kappa shape index (κ3) is 3.60. The molecule has 1 aromatic carbocycles. The Kier molecular flexibility index (Phi) is 5.05. The van der Waals surface area contributed by atoms with Crippen molar-refractivity contribution < 1.29 is 18.3 Å². The first-order valence-corrected chi connectivity index (χ1v) is 9.52. The van der Waals surface area contributed by atoms with Crippen molar-refractivity contribution in [2.75, 3.05) is 13.7 Å². The van der Waals surface area contributed by atoms with Crippen molar-refractivity contribution in [2.45, 2.75) is 31.7 Å². The maximum atomic E-state index is 13.4. The van der Waals surface area contributed by atoms with E-state index in [1.54, 1.807) is 35.5 Å². The summed E-state index contributed by atoms with van der Waals surface area (Å²) >= 11 is 0. The number of halogens is 1. The van der Waals surface area contributed by atoms with Crippen LogP contribution in [0.3, 0.4) is 0 Å². The number of carbonyl (C=O) groups is 1. The first-order chi connectivity index (χ1) is 14.0. The third-order valence-corrected chi connectivity index (χ3v) is 5.36. The number of nitrogens with zero attached hydrogens (tertiary/aromatic N) is 3. The van der Waals surface area contributed by atoms with Crippen LogP contribution in [0.5, 0.6) is 5.88 Å². The van der Waals surface area contributed by atoms with Gasteiger partial charge in [0.25, 0.3) is 5.91 Å². The van der Waals surface area contributed by atoms with Gasteiger partial charge >= 0.3 is 0 Å². The summed E-state index contributed by atoms with van der Waals surface area (Å²) in [5, 5.41) is 0. The molecule has 4 rings (SSSR count). The number of hydrogen-bond donors (Lipinski definition) is 0. The normalized spacial score (nSPS) is 18.8. The van der Waals surface area contributed by atoms with Crippen molar-refractivity contribution >= 4 is 5.91 Å². The average molecular weight is 395 g/mol. The Morgan fingerprint density at radius 2 is 2.17 bits per heavy atom. The lowest BCUT2D eigenvalue weighted by molar-refractivity contribution is 0.0559. The smallest absolute Gasteiger partial charge is 0.260 e. The Balaban J connectivity index is 1.60. The Morgan fingerprint density at radius 1 is 1.31 bits per heavy atom.